The highest BCUT2D eigenvalue weighted by atomic mass is 35.5. The van der Waals surface area contributed by atoms with E-state index in [1.165, 1.54) is 30.5 Å². The summed E-state index contributed by atoms with van der Waals surface area (Å²) in [5.74, 6) is 1.43. The minimum Gasteiger partial charge on any atom is -0.495 e. The number of amides is 1. The second kappa shape index (κ2) is 10.8. The Kier molecular flexibility index (Phi) is 7.60. The molecule has 0 atom stereocenters. The highest BCUT2D eigenvalue weighted by molar-refractivity contribution is 6.32. The first-order chi connectivity index (χ1) is 16.9. The van der Waals surface area contributed by atoms with Gasteiger partial charge in [-0.05, 0) is 49.1 Å². The maximum absolute atomic E-state index is 13.0. The van der Waals surface area contributed by atoms with Gasteiger partial charge in [-0.2, -0.15) is 4.68 Å². The van der Waals surface area contributed by atoms with E-state index >= 15 is 0 Å². The number of carbonyl (C=O) groups excluding carboxylic acids is 1. The summed E-state index contributed by atoms with van der Waals surface area (Å²) in [4.78, 5) is 27.5. The number of aromatic nitrogens is 2. The van der Waals surface area contributed by atoms with Crippen molar-refractivity contribution < 1.29 is 14.3 Å². The Labute approximate surface area is 209 Å². The molecule has 35 heavy (non-hydrogen) atoms. The number of anilines is 2. The van der Waals surface area contributed by atoms with Crippen LogP contribution in [0.4, 0.5) is 11.5 Å². The van der Waals surface area contributed by atoms with Crippen molar-refractivity contribution in [3.63, 3.8) is 0 Å². The summed E-state index contributed by atoms with van der Waals surface area (Å²) in [5.41, 5.74) is 2.26. The third-order valence-electron chi connectivity index (χ3n) is 6.30. The third-order valence-corrected chi connectivity index (χ3v) is 6.59. The van der Waals surface area contributed by atoms with Gasteiger partial charge in [0.15, 0.2) is 0 Å². The molecule has 1 fully saturated rings. The number of carbonyl (C=O) groups is 1. The number of halogens is 1. The van der Waals surface area contributed by atoms with Gasteiger partial charge in [0, 0.05) is 31.1 Å². The van der Waals surface area contributed by atoms with Crippen LogP contribution >= 0.6 is 11.6 Å². The summed E-state index contributed by atoms with van der Waals surface area (Å²) in [6.45, 7) is 3.39. The van der Waals surface area contributed by atoms with Crippen LogP contribution in [-0.2, 0) is 11.2 Å². The molecule has 0 bridgehead atoms. The largest absolute Gasteiger partial charge is 0.495 e. The maximum atomic E-state index is 13.0. The van der Waals surface area contributed by atoms with E-state index in [0.29, 0.717) is 54.0 Å². The Hall–Kier alpha value is -3.52. The quantitative estimate of drug-likeness (QED) is 0.524. The van der Waals surface area contributed by atoms with Crippen LogP contribution in [0.15, 0.2) is 53.3 Å². The van der Waals surface area contributed by atoms with E-state index in [4.69, 9.17) is 21.1 Å². The molecule has 1 amide bonds. The number of piperidine rings is 1. The van der Waals surface area contributed by atoms with Crippen molar-refractivity contribution in [3.8, 4) is 17.2 Å². The van der Waals surface area contributed by atoms with Gasteiger partial charge in [-0.25, -0.2) is 0 Å². The van der Waals surface area contributed by atoms with Crippen LogP contribution in [-0.4, -0.2) is 43.0 Å². The summed E-state index contributed by atoms with van der Waals surface area (Å²) >= 11 is 6.23. The van der Waals surface area contributed by atoms with Gasteiger partial charge < -0.3 is 19.7 Å². The van der Waals surface area contributed by atoms with E-state index in [1.54, 1.807) is 18.2 Å². The van der Waals surface area contributed by atoms with Crippen LogP contribution < -0.4 is 25.2 Å². The average molecular weight is 497 g/mol. The SMILES string of the molecule is CCc1ccc(-n2nc(N3CCC(C(=O)Nc4cc(Cl)c(OC)cc4OC)CC3)ccc2=O)cc1. The van der Waals surface area contributed by atoms with E-state index in [9.17, 15) is 9.59 Å². The molecule has 0 saturated carbocycles. The molecular formula is C26H29ClN4O4. The minimum atomic E-state index is -0.181. The number of aryl methyl sites for hydroxylation is 1. The Bertz CT molecular complexity index is 1250. The van der Waals surface area contributed by atoms with Crippen molar-refractivity contribution in [2.45, 2.75) is 26.2 Å². The van der Waals surface area contributed by atoms with Crippen LogP contribution in [0.3, 0.4) is 0 Å². The highest BCUT2D eigenvalue weighted by Crippen LogP contribution is 2.36. The zero-order chi connectivity index (χ0) is 24.9. The predicted octanol–water partition coefficient (Wildman–Crippen LogP) is 4.32. The number of methoxy groups -OCH3 is 2. The normalized spacial score (nSPS) is 14.0. The zero-order valence-corrected chi connectivity index (χ0v) is 20.8. The minimum absolute atomic E-state index is 0.0851. The van der Waals surface area contributed by atoms with Crippen LogP contribution in [0, 0.1) is 5.92 Å². The molecule has 3 aromatic rings. The van der Waals surface area contributed by atoms with Gasteiger partial charge in [-0.1, -0.05) is 30.7 Å². The van der Waals surface area contributed by atoms with Crippen molar-refractivity contribution >= 4 is 29.0 Å². The molecule has 2 heterocycles. The van der Waals surface area contributed by atoms with Crippen molar-refractivity contribution in [1.82, 2.24) is 9.78 Å². The molecule has 2 aromatic carbocycles. The zero-order valence-electron chi connectivity index (χ0n) is 20.1. The molecule has 8 nitrogen and oxygen atoms in total. The second-order valence-corrected chi connectivity index (χ2v) is 8.81. The summed E-state index contributed by atoms with van der Waals surface area (Å²) in [6.07, 6.45) is 2.25. The number of hydrogen-bond donors (Lipinski definition) is 1. The predicted molar refractivity (Wildman–Crippen MR) is 137 cm³/mol. The molecular weight excluding hydrogens is 468 g/mol. The fourth-order valence-electron chi connectivity index (χ4n) is 4.19. The molecule has 9 heteroatoms. The van der Waals surface area contributed by atoms with E-state index < -0.39 is 0 Å². The number of hydrogen-bond acceptors (Lipinski definition) is 6. The topological polar surface area (TPSA) is 85.7 Å². The first-order valence-corrected chi connectivity index (χ1v) is 12.0. The molecule has 1 aromatic heterocycles. The van der Waals surface area contributed by atoms with Crippen LogP contribution in [0.1, 0.15) is 25.3 Å². The highest BCUT2D eigenvalue weighted by Gasteiger charge is 2.27. The first-order valence-electron chi connectivity index (χ1n) is 11.6. The van der Waals surface area contributed by atoms with Crippen LogP contribution in [0.2, 0.25) is 5.02 Å². The fourth-order valence-corrected chi connectivity index (χ4v) is 4.43. The van der Waals surface area contributed by atoms with Gasteiger partial charge in [-0.15, -0.1) is 5.10 Å². The number of rotatable bonds is 7. The average Bonchev–Trinajstić information content (AvgIpc) is 2.89. The Morgan fingerprint density at radius 3 is 2.37 bits per heavy atom. The van der Waals surface area contributed by atoms with Gasteiger partial charge in [0.25, 0.3) is 5.56 Å². The third kappa shape index (κ3) is 5.43. The van der Waals surface area contributed by atoms with Crippen LogP contribution in [0.25, 0.3) is 5.69 Å². The molecule has 184 valence electrons. The maximum Gasteiger partial charge on any atom is 0.271 e. The molecule has 0 unspecified atom stereocenters. The van der Waals surface area contributed by atoms with E-state index in [0.717, 1.165) is 12.1 Å². The lowest BCUT2D eigenvalue weighted by Gasteiger charge is -2.32. The fraction of sp³-hybridized carbons (Fsp3) is 0.346. The Morgan fingerprint density at radius 1 is 1.06 bits per heavy atom. The lowest BCUT2D eigenvalue weighted by atomic mass is 9.95. The second-order valence-electron chi connectivity index (χ2n) is 8.40. The van der Waals surface area contributed by atoms with Crippen molar-refractivity contribution in [1.29, 1.82) is 0 Å². The van der Waals surface area contributed by atoms with E-state index in [2.05, 4.69) is 22.2 Å². The molecule has 4 rings (SSSR count). The molecule has 1 saturated heterocycles. The molecule has 1 N–H and O–H groups in total. The molecule has 1 aliphatic rings. The molecule has 0 spiro atoms. The summed E-state index contributed by atoms with van der Waals surface area (Å²) in [5, 5.41) is 7.93. The number of ether oxygens (including phenoxy) is 2. The van der Waals surface area contributed by atoms with Gasteiger partial charge in [0.05, 0.1) is 30.6 Å². The van der Waals surface area contributed by atoms with E-state index in [-0.39, 0.29) is 17.4 Å². The van der Waals surface area contributed by atoms with Gasteiger partial charge in [0.1, 0.15) is 17.3 Å². The van der Waals surface area contributed by atoms with Gasteiger partial charge >= 0.3 is 0 Å². The van der Waals surface area contributed by atoms with E-state index in [1.807, 2.05) is 24.3 Å². The standard InChI is InChI=1S/C26H29ClN4O4/c1-4-17-5-7-19(8-6-17)31-25(32)10-9-24(29-31)30-13-11-18(12-14-30)26(33)28-21-15-20(27)22(34-2)16-23(21)35-3/h5-10,15-16,18H,4,11-14H2,1-3H3,(H,28,33). The Balaban J connectivity index is 1.43. The number of benzene rings is 2. The monoisotopic (exact) mass is 496 g/mol. The van der Waals surface area contributed by atoms with Crippen LogP contribution in [0.5, 0.6) is 11.5 Å². The van der Waals surface area contributed by atoms with Gasteiger partial charge in [-0.3, -0.25) is 9.59 Å². The van der Waals surface area contributed by atoms with Gasteiger partial charge in [0.2, 0.25) is 5.91 Å². The van der Waals surface area contributed by atoms with Crippen molar-refractivity contribution in [3.05, 3.63) is 69.5 Å². The summed E-state index contributed by atoms with van der Waals surface area (Å²) < 4.78 is 12.0. The summed E-state index contributed by atoms with van der Waals surface area (Å²) in [6, 6.07) is 14.4. The Morgan fingerprint density at radius 2 is 1.74 bits per heavy atom. The lowest BCUT2D eigenvalue weighted by Crippen LogP contribution is -2.39. The van der Waals surface area contributed by atoms with Crippen molar-refractivity contribution in [2.75, 3.05) is 37.5 Å². The lowest BCUT2D eigenvalue weighted by molar-refractivity contribution is -0.120. The first kappa shape index (κ1) is 24.6. The number of nitrogens with zero attached hydrogens (tertiary/aromatic N) is 3. The summed E-state index contributed by atoms with van der Waals surface area (Å²) in [7, 11) is 3.05. The smallest absolute Gasteiger partial charge is 0.271 e. The number of nitrogens with one attached hydrogen (secondary N) is 1. The molecule has 1 aliphatic heterocycles. The van der Waals surface area contributed by atoms with Crippen molar-refractivity contribution in [2.24, 2.45) is 5.92 Å². The molecule has 0 radical (unpaired) electrons. The molecule has 0 aliphatic carbocycles.